The van der Waals surface area contributed by atoms with Gasteiger partial charge in [0.1, 0.15) is 16.9 Å². The first-order valence-corrected chi connectivity index (χ1v) is 7.71. The summed E-state index contributed by atoms with van der Waals surface area (Å²) in [7, 11) is 1.49. The molecule has 0 aliphatic heterocycles. The zero-order valence-corrected chi connectivity index (χ0v) is 13.9. The molecule has 0 spiro atoms. The van der Waals surface area contributed by atoms with E-state index in [1.165, 1.54) is 25.8 Å². The molecule has 0 saturated heterocycles. The molecule has 0 bridgehead atoms. The Kier molecular flexibility index (Phi) is 3.79. The van der Waals surface area contributed by atoms with Gasteiger partial charge in [-0.05, 0) is 36.8 Å². The zero-order valence-electron chi connectivity index (χ0n) is 13.9. The van der Waals surface area contributed by atoms with Crippen LogP contribution < -0.4 is 0 Å². The molecule has 0 atom stereocenters. The summed E-state index contributed by atoms with van der Waals surface area (Å²) in [6, 6.07) is 13.7. The Hall–Kier alpha value is -2.82. The van der Waals surface area contributed by atoms with Gasteiger partial charge in [0.25, 0.3) is 0 Å². The topological polar surface area (TPSA) is 70.8 Å². The van der Waals surface area contributed by atoms with Crippen molar-refractivity contribution in [1.29, 1.82) is 0 Å². The number of nitrogens with zero attached hydrogens (tertiary/aromatic N) is 1. The summed E-state index contributed by atoms with van der Waals surface area (Å²) >= 11 is 0. The van der Waals surface area contributed by atoms with E-state index in [0.717, 1.165) is 21.7 Å². The predicted molar refractivity (Wildman–Crippen MR) is 91.9 cm³/mol. The Labute approximate surface area is 139 Å². The van der Waals surface area contributed by atoms with Crippen LogP contribution in [0.1, 0.15) is 19.6 Å². The number of carboxylic acid groups (broad SMARTS) is 1. The van der Waals surface area contributed by atoms with Crippen LogP contribution in [-0.4, -0.2) is 34.5 Å². The van der Waals surface area contributed by atoms with Crippen LogP contribution in [0.15, 0.2) is 46.9 Å². The Morgan fingerprint density at radius 3 is 2.54 bits per heavy atom. The molecule has 1 N–H and O–H groups in total. The largest absolute Gasteiger partial charge is 0.480 e. The lowest BCUT2D eigenvalue weighted by Crippen LogP contribution is -2.51. The summed E-state index contributed by atoms with van der Waals surface area (Å²) in [6.07, 6.45) is 0.0240. The van der Waals surface area contributed by atoms with Crippen LogP contribution in [0, 0.1) is 0 Å². The van der Waals surface area contributed by atoms with Crippen molar-refractivity contribution < 1.29 is 19.1 Å². The predicted octanol–water partition coefficient (Wildman–Crippen LogP) is 3.45. The van der Waals surface area contributed by atoms with Crippen LogP contribution >= 0.6 is 0 Å². The number of furan rings is 1. The van der Waals surface area contributed by atoms with Gasteiger partial charge in [-0.15, -0.1) is 0 Å². The molecule has 1 aromatic heterocycles. The highest BCUT2D eigenvalue weighted by Gasteiger charge is 2.35. The second kappa shape index (κ2) is 5.67. The number of rotatable bonds is 4. The summed E-state index contributed by atoms with van der Waals surface area (Å²) < 4.78 is 5.78. The van der Waals surface area contributed by atoms with Gasteiger partial charge in [-0.25, -0.2) is 4.79 Å². The molecule has 24 heavy (non-hydrogen) atoms. The van der Waals surface area contributed by atoms with Gasteiger partial charge in [0.05, 0.1) is 6.42 Å². The lowest BCUT2D eigenvalue weighted by molar-refractivity contribution is -0.155. The molecule has 3 rings (SSSR count). The van der Waals surface area contributed by atoms with Gasteiger partial charge in [0.2, 0.25) is 5.91 Å². The first-order valence-electron chi connectivity index (χ1n) is 7.71. The molecule has 1 heterocycles. The lowest BCUT2D eigenvalue weighted by atomic mass is 10.0. The number of aliphatic carboxylic acids is 1. The van der Waals surface area contributed by atoms with E-state index in [1.54, 1.807) is 0 Å². The van der Waals surface area contributed by atoms with Crippen LogP contribution in [-0.2, 0) is 16.0 Å². The van der Waals surface area contributed by atoms with E-state index in [-0.39, 0.29) is 12.3 Å². The van der Waals surface area contributed by atoms with E-state index < -0.39 is 11.5 Å². The van der Waals surface area contributed by atoms with E-state index in [2.05, 4.69) is 0 Å². The number of carbonyl (C=O) groups is 2. The number of benzene rings is 2. The Morgan fingerprint density at radius 1 is 1.12 bits per heavy atom. The van der Waals surface area contributed by atoms with E-state index in [1.807, 2.05) is 42.5 Å². The molecule has 0 aliphatic rings. The fourth-order valence-electron chi connectivity index (χ4n) is 2.66. The van der Waals surface area contributed by atoms with Crippen LogP contribution in [0.25, 0.3) is 21.7 Å². The Balaban J connectivity index is 1.92. The minimum absolute atomic E-state index is 0.0240. The van der Waals surface area contributed by atoms with E-state index in [9.17, 15) is 14.7 Å². The average Bonchev–Trinajstić information content (AvgIpc) is 2.96. The number of likely N-dealkylation sites (N-methyl/N-ethyl adjacent to an activating group) is 1. The van der Waals surface area contributed by atoms with Crippen LogP contribution in [0.5, 0.6) is 0 Å². The number of hydrogen-bond donors (Lipinski definition) is 1. The van der Waals surface area contributed by atoms with Crippen molar-refractivity contribution in [3.05, 3.63) is 48.2 Å². The number of amides is 1. The van der Waals surface area contributed by atoms with Crippen molar-refractivity contribution in [1.82, 2.24) is 4.90 Å². The molecule has 5 heteroatoms. The van der Waals surface area contributed by atoms with E-state index in [0.29, 0.717) is 5.76 Å². The first-order chi connectivity index (χ1) is 11.3. The fraction of sp³-hybridized carbons (Fsp3) is 0.263. The Bertz CT molecular complexity index is 939. The van der Waals surface area contributed by atoms with Gasteiger partial charge in [-0.2, -0.15) is 0 Å². The molecule has 2 aromatic carbocycles. The number of carbonyl (C=O) groups excluding carboxylic acids is 1. The van der Waals surface area contributed by atoms with Gasteiger partial charge in [-0.3, -0.25) is 4.79 Å². The summed E-state index contributed by atoms with van der Waals surface area (Å²) in [5, 5.41) is 12.4. The monoisotopic (exact) mass is 325 g/mol. The molecule has 0 aliphatic carbocycles. The zero-order chi connectivity index (χ0) is 17.5. The minimum atomic E-state index is -1.27. The van der Waals surface area contributed by atoms with Crippen molar-refractivity contribution in [2.45, 2.75) is 25.8 Å². The molecule has 3 aromatic rings. The van der Waals surface area contributed by atoms with Gasteiger partial charge in [0.15, 0.2) is 0 Å². The fourth-order valence-corrected chi connectivity index (χ4v) is 2.66. The average molecular weight is 325 g/mol. The summed E-state index contributed by atoms with van der Waals surface area (Å²) in [5.41, 5.74) is -0.549. The van der Waals surface area contributed by atoms with Crippen LogP contribution in [0.4, 0.5) is 0 Å². The number of carboxylic acids is 1. The van der Waals surface area contributed by atoms with Gasteiger partial charge >= 0.3 is 5.97 Å². The van der Waals surface area contributed by atoms with Gasteiger partial charge in [0, 0.05) is 12.4 Å². The highest BCUT2D eigenvalue weighted by atomic mass is 16.4. The first kappa shape index (κ1) is 16.1. The third-order valence-corrected chi connectivity index (χ3v) is 4.54. The van der Waals surface area contributed by atoms with Crippen molar-refractivity contribution in [3.8, 4) is 0 Å². The Morgan fingerprint density at radius 2 is 1.83 bits per heavy atom. The van der Waals surface area contributed by atoms with Crippen molar-refractivity contribution >= 4 is 33.6 Å². The second-order valence-corrected chi connectivity index (χ2v) is 6.40. The summed E-state index contributed by atoms with van der Waals surface area (Å²) in [4.78, 5) is 24.9. The van der Waals surface area contributed by atoms with Crippen LogP contribution in [0.3, 0.4) is 0 Å². The van der Waals surface area contributed by atoms with E-state index in [4.69, 9.17) is 4.42 Å². The summed E-state index contributed by atoms with van der Waals surface area (Å²) in [5.74, 6) is -0.820. The normalized spacial score (nSPS) is 11.8. The third-order valence-electron chi connectivity index (χ3n) is 4.54. The highest BCUT2D eigenvalue weighted by molar-refractivity contribution is 6.06. The molecule has 0 fully saturated rings. The van der Waals surface area contributed by atoms with Crippen molar-refractivity contribution in [3.63, 3.8) is 0 Å². The van der Waals surface area contributed by atoms with Crippen molar-refractivity contribution in [2.75, 3.05) is 7.05 Å². The van der Waals surface area contributed by atoms with E-state index >= 15 is 0 Å². The van der Waals surface area contributed by atoms with Gasteiger partial charge < -0.3 is 14.4 Å². The smallest absolute Gasteiger partial charge is 0.329 e. The van der Waals surface area contributed by atoms with Crippen LogP contribution in [0.2, 0.25) is 0 Å². The molecule has 0 unspecified atom stereocenters. The SMILES string of the molecule is CN(C(=O)Cc1cc2c(ccc3ccccc32)o1)C(C)(C)C(=O)O. The molecular formula is C19H19NO4. The maximum atomic E-state index is 12.4. The lowest BCUT2D eigenvalue weighted by Gasteiger charge is -2.31. The molecule has 5 nitrogen and oxygen atoms in total. The third kappa shape index (κ3) is 2.62. The quantitative estimate of drug-likeness (QED) is 0.797. The molecular weight excluding hydrogens is 306 g/mol. The standard InChI is InChI=1S/C19H19NO4/c1-19(2,18(22)23)20(3)17(21)11-13-10-15-14-7-5-4-6-12(14)8-9-16(15)24-13/h4-10H,11H2,1-3H3,(H,22,23). The molecule has 1 amide bonds. The highest BCUT2D eigenvalue weighted by Crippen LogP contribution is 2.28. The number of fused-ring (bicyclic) bond motifs is 3. The molecule has 0 saturated carbocycles. The maximum absolute atomic E-state index is 12.4. The minimum Gasteiger partial charge on any atom is -0.480 e. The molecule has 0 radical (unpaired) electrons. The maximum Gasteiger partial charge on any atom is 0.329 e. The summed E-state index contributed by atoms with van der Waals surface area (Å²) in [6.45, 7) is 3.00. The molecule has 124 valence electrons. The number of hydrogen-bond acceptors (Lipinski definition) is 3. The second-order valence-electron chi connectivity index (χ2n) is 6.40. The van der Waals surface area contributed by atoms with Crippen molar-refractivity contribution in [2.24, 2.45) is 0 Å². The van der Waals surface area contributed by atoms with Gasteiger partial charge in [-0.1, -0.05) is 30.3 Å².